The van der Waals surface area contributed by atoms with Gasteiger partial charge in [-0.05, 0) is 29.8 Å². The number of rotatable bonds is 3. The predicted octanol–water partition coefficient (Wildman–Crippen LogP) is 1.75. The number of imide groups is 1. The number of ether oxygens (including phenoxy) is 2. The SMILES string of the molecule is O=C(Cc1ccc2c(c1)OCCO2)ON1C(=O)c2ccccc2C1=O. The zero-order valence-electron chi connectivity index (χ0n) is 13.1. The summed E-state index contributed by atoms with van der Waals surface area (Å²) in [6.07, 6.45) is -0.107. The lowest BCUT2D eigenvalue weighted by molar-refractivity contribution is -0.167. The van der Waals surface area contributed by atoms with E-state index in [1.165, 1.54) is 12.1 Å². The molecule has 0 spiro atoms. The molecular weight excluding hydrogens is 326 g/mol. The molecule has 2 heterocycles. The van der Waals surface area contributed by atoms with Gasteiger partial charge in [0.1, 0.15) is 13.2 Å². The lowest BCUT2D eigenvalue weighted by atomic mass is 10.1. The van der Waals surface area contributed by atoms with Crippen LogP contribution >= 0.6 is 0 Å². The normalized spacial score (nSPS) is 15.1. The van der Waals surface area contributed by atoms with Crippen molar-refractivity contribution < 1.29 is 28.7 Å². The number of nitrogens with zero attached hydrogens (tertiary/aromatic N) is 1. The van der Waals surface area contributed by atoms with Gasteiger partial charge in [0.15, 0.2) is 11.5 Å². The van der Waals surface area contributed by atoms with Crippen molar-refractivity contribution in [3.63, 3.8) is 0 Å². The highest BCUT2D eigenvalue weighted by Crippen LogP contribution is 2.31. The minimum Gasteiger partial charge on any atom is -0.486 e. The first-order valence-corrected chi connectivity index (χ1v) is 7.70. The van der Waals surface area contributed by atoms with Crippen LogP contribution in [0.1, 0.15) is 26.3 Å². The van der Waals surface area contributed by atoms with Crippen molar-refractivity contribution >= 4 is 17.8 Å². The molecule has 7 heteroatoms. The minimum absolute atomic E-state index is 0.107. The number of amides is 2. The smallest absolute Gasteiger partial charge is 0.337 e. The average molecular weight is 339 g/mol. The molecule has 0 saturated carbocycles. The molecule has 4 rings (SSSR count). The van der Waals surface area contributed by atoms with Crippen molar-refractivity contribution in [2.75, 3.05) is 13.2 Å². The maximum Gasteiger partial charge on any atom is 0.337 e. The van der Waals surface area contributed by atoms with Crippen molar-refractivity contribution in [2.45, 2.75) is 6.42 Å². The summed E-state index contributed by atoms with van der Waals surface area (Å²) >= 11 is 0. The van der Waals surface area contributed by atoms with Crippen molar-refractivity contribution in [1.82, 2.24) is 5.06 Å². The molecule has 0 aromatic heterocycles. The Labute approximate surface area is 142 Å². The van der Waals surface area contributed by atoms with Gasteiger partial charge in [-0.1, -0.05) is 23.3 Å². The third-order valence-corrected chi connectivity index (χ3v) is 3.90. The van der Waals surface area contributed by atoms with E-state index in [1.807, 2.05) is 0 Å². The Bertz CT molecular complexity index is 856. The Morgan fingerprint density at radius 1 is 0.960 bits per heavy atom. The molecule has 2 aromatic carbocycles. The second kappa shape index (κ2) is 5.94. The summed E-state index contributed by atoms with van der Waals surface area (Å²) in [5, 5.41) is 0.505. The molecule has 0 unspecified atom stereocenters. The Morgan fingerprint density at radius 2 is 1.60 bits per heavy atom. The zero-order valence-corrected chi connectivity index (χ0v) is 13.1. The van der Waals surface area contributed by atoms with E-state index in [9.17, 15) is 14.4 Å². The van der Waals surface area contributed by atoms with Gasteiger partial charge in [-0.2, -0.15) is 0 Å². The van der Waals surface area contributed by atoms with Crippen molar-refractivity contribution in [1.29, 1.82) is 0 Å². The highest BCUT2D eigenvalue weighted by Gasteiger charge is 2.38. The quantitative estimate of drug-likeness (QED) is 0.793. The molecule has 126 valence electrons. The van der Waals surface area contributed by atoms with Gasteiger partial charge in [-0.15, -0.1) is 0 Å². The summed E-state index contributed by atoms with van der Waals surface area (Å²) in [4.78, 5) is 41.5. The maximum atomic E-state index is 12.2. The van der Waals surface area contributed by atoms with E-state index in [1.54, 1.807) is 30.3 Å². The molecule has 0 atom stereocenters. The first-order chi connectivity index (χ1) is 12.1. The highest BCUT2D eigenvalue weighted by molar-refractivity contribution is 6.20. The number of hydrogen-bond acceptors (Lipinski definition) is 6. The Balaban J connectivity index is 1.46. The molecule has 7 nitrogen and oxygen atoms in total. The van der Waals surface area contributed by atoms with Crippen LogP contribution in [0.25, 0.3) is 0 Å². The summed E-state index contributed by atoms with van der Waals surface area (Å²) in [5.41, 5.74) is 1.07. The number of hydroxylamine groups is 2. The summed E-state index contributed by atoms with van der Waals surface area (Å²) in [6, 6.07) is 11.4. The molecule has 0 saturated heterocycles. The predicted molar refractivity (Wildman–Crippen MR) is 84.2 cm³/mol. The van der Waals surface area contributed by atoms with Gasteiger partial charge in [0, 0.05) is 0 Å². The number of fused-ring (bicyclic) bond motifs is 2. The molecule has 2 aliphatic heterocycles. The number of hydrogen-bond donors (Lipinski definition) is 0. The Morgan fingerprint density at radius 3 is 2.28 bits per heavy atom. The molecule has 0 bridgehead atoms. The van der Waals surface area contributed by atoms with E-state index >= 15 is 0 Å². The maximum absolute atomic E-state index is 12.2. The second-order valence-corrected chi connectivity index (χ2v) is 5.57. The molecule has 0 N–H and O–H groups in total. The molecule has 0 aliphatic carbocycles. The third kappa shape index (κ3) is 2.69. The van der Waals surface area contributed by atoms with Gasteiger partial charge < -0.3 is 14.3 Å². The number of carbonyl (C=O) groups is 3. The van der Waals surface area contributed by atoms with Crippen LogP contribution in [0.2, 0.25) is 0 Å². The van der Waals surface area contributed by atoms with E-state index in [2.05, 4.69) is 0 Å². The van der Waals surface area contributed by atoms with Crippen LogP contribution in [-0.2, 0) is 16.1 Å². The highest BCUT2D eigenvalue weighted by atomic mass is 16.7. The van der Waals surface area contributed by atoms with Gasteiger partial charge >= 0.3 is 5.97 Å². The van der Waals surface area contributed by atoms with Gasteiger partial charge in [0.25, 0.3) is 11.8 Å². The molecule has 2 aromatic rings. The Kier molecular flexibility index (Phi) is 3.61. The van der Waals surface area contributed by atoms with Crippen LogP contribution in [0.3, 0.4) is 0 Å². The van der Waals surface area contributed by atoms with E-state index in [0.29, 0.717) is 35.3 Å². The van der Waals surface area contributed by atoms with Crippen molar-refractivity contribution in [3.05, 3.63) is 59.2 Å². The van der Waals surface area contributed by atoms with Gasteiger partial charge in [-0.25, -0.2) is 4.79 Å². The Hall–Kier alpha value is -3.35. The van der Waals surface area contributed by atoms with Crippen molar-refractivity contribution in [2.24, 2.45) is 0 Å². The van der Waals surface area contributed by atoms with Crippen LogP contribution in [0.15, 0.2) is 42.5 Å². The average Bonchev–Trinajstić information content (AvgIpc) is 2.87. The fraction of sp³-hybridized carbons (Fsp3) is 0.167. The second-order valence-electron chi connectivity index (χ2n) is 5.57. The lowest BCUT2D eigenvalue weighted by Crippen LogP contribution is -2.33. The summed E-state index contributed by atoms with van der Waals surface area (Å²) in [7, 11) is 0. The van der Waals surface area contributed by atoms with Gasteiger partial charge in [0.2, 0.25) is 0 Å². The van der Waals surface area contributed by atoms with Crippen LogP contribution in [0.4, 0.5) is 0 Å². The topological polar surface area (TPSA) is 82.1 Å². The van der Waals surface area contributed by atoms with E-state index in [0.717, 1.165) is 0 Å². The number of carbonyl (C=O) groups excluding carboxylic acids is 3. The lowest BCUT2D eigenvalue weighted by Gasteiger charge is -2.19. The van der Waals surface area contributed by atoms with Crippen LogP contribution in [-0.4, -0.2) is 36.1 Å². The molecule has 2 aliphatic rings. The third-order valence-electron chi connectivity index (χ3n) is 3.90. The summed E-state index contributed by atoms with van der Waals surface area (Å²) in [5.74, 6) is -0.834. The largest absolute Gasteiger partial charge is 0.486 e. The van der Waals surface area contributed by atoms with Gasteiger partial charge in [-0.3, -0.25) is 9.59 Å². The standard InChI is InChI=1S/C18H13NO6/c20-16(10-11-5-6-14-15(9-11)24-8-7-23-14)25-19-17(21)12-3-1-2-4-13(12)18(19)22/h1-6,9H,7-8,10H2. The molecule has 2 amide bonds. The fourth-order valence-corrected chi connectivity index (χ4v) is 2.75. The fourth-order valence-electron chi connectivity index (χ4n) is 2.75. The van der Waals surface area contributed by atoms with Gasteiger partial charge in [0.05, 0.1) is 17.5 Å². The summed E-state index contributed by atoms with van der Waals surface area (Å²) < 4.78 is 10.9. The first-order valence-electron chi connectivity index (χ1n) is 7.70. The molecular formula is C18H13NO6. The van der Waals surface area contributed by atoms with E-state index in [4.69, 9.17) is 14.3 Å². The van der Waals surface area contributed by atoms with Crippen LogP contribution in [0, 0.1) is 0 Å². The summed E-state index contributed by atoms with van der Waals surface area (Å²) in [6.45, 7) is 0.921. The zero-order chi connectivity index (χ0) is 17.4. The van der Waals surface area contributed by atoms with Crippen molar-refractivity contribution in [3.8, 4) is 11.5 Å². The molecule has 25 heavy (non-hydrogen) atoms. The molecule has 0 radical (unpaired) electrons. The first kappa shape index (κ1) is 15.2. The van der Waals surface area contributed by atoms with E-state index < -0.39 is 17.8 Å². The van der Waals surface area contributed by atoms with E-state index in [-0.39, 0.29) is 17.5 Å². The minimum atomic E-state index is -0.716. The monoisotopic (exact) mass is 339 g/mol. The van der Waals surface area contributed by atoms with Crippen LogP contribution < -0.4 is 9.47 Å². The van der Waals surface area contributed by atoms with Crippen LogP contribution in [0.5, 0.6) is 11.5 Å². The number of benzene rings is 2. The molecule has 0 fully saturated rings.